The van der Waals surface area contributed by atoms with Crippen LogP contribution in [0.15, 0.2) is 30.4 Å². The number of benzene rings is 1. The molecule has 6 rings (SSSR count). The summed E-state index contributed by atoms with van der Waals surface area (Å²) in [5.74, 6) is -1.48. The Bertz CT molecular complexity index is 985. The number of allylic oxidation sites excluding steroid dienone is 2. The number of likely N-dealkylation sites (tertiary alicyclic amines) is 1. The molecular weight excluding hydrogens is 429 g/mol. The van der Waals surface area contributed by atoms with E-state index in [9.17, 15) is 19.2 Å². The SMILES string of the molecule is C[C@H](C(=O)OCC(=O)c1ccc(Cl)cc1Cl)N1C(=O)[C@@H]2[C@@H]3C=C[C@H]([C@H]4C[C@@H]34)[C@@H]2C1=O. The van der Waals surface area contributed by atoms with Crippen molar-refractivity contribution in [3.8, 4) is 0 Å². The topological polar surface area (TPSA) is 80.8 Å². The van der Waals surface area contributed by atoms with E-state index in [1.165, 1.54) is 25.1 Å². The average Bonchev–Trinajstić information content (AvgIpc) is 3.49. The third-order valence-corrected chi connectivity index (χ3v) is 7.55. The standard InChI is InChI=1S/C22H19Cl2NO5/c1-9(22(29)30-8-17(26)13-3-2-10(23)6-16(13)24)25-20(27)18-11-4-5-12(15-7-14(11)15)19(18)21(25)28/h2-6,9,11-12,14-15,18-19H,7-8H2,1H3/t9-,11-,12-,14-,15+,18+,19-/m1/s1. The van der Waals surface area contributed by atoms with Crippen molar-refractivity contribution in [1.29, 1.82) is 0 Å². The van der Waals surface area contributed by atoms with Crippen LogP contribution in [0.2, 0.25) is 10.0 Å². The molecule has 156 valence electrons. The number of rotatable bonds is 5. The highest BCUT2D eigenvalue weighted by Gasteiger charge is 2.67. The lowest BCUT2D eigenvalue weighted by Crippen LogP contribution is -2.45. The highest BCUT2D eigenvalue weighted by Crippen LogP contribution is 2.65. The predicted molar refractivity (Wildman–Crippen MR) is 108 cm³/mol. The van der Waals surface area contributed by atoms with E-state index in [1.54, 1.807) is 0 Å². The third-order valence-electron chi connectivity index (χ3n) is 7.00. The number of ether oxygens (including phenoxy) is 1. The number of halogens is 2. The number of hydrogen-bond donors (Lipinski definition) is 0. The van der Waals surface area contributed by atoms with Crippen LogP contribution >= 0.6 is 23.2 Å². The van der Waals surface area contributed by atoms with Gasteiger partial charge in [0.1, 0.15) is 6.04 Å². The van der Waals surface area contributed by atoms with Crippen LogP contribution in [0.4, 0.5) is 0 Å². The lowest BCUT2D eigenvalue weighted by molar-refractivity contribution is -0.157. The number of hydrogen-bond acceptors (Lipinski definition) is 5. The average molecular weight is 448 g/mol. The highest BCUT2D eigenvalue weighted by atomic mass is 35.5. The van der Waals surface area contributed by atoms with Crippen molar-refractivity contribution >= 4 is 46.8 Å². The second kappa shape index (κ2) is 6.92. The molecule has 2 amide bonds. The van der Waals surface area contributed by atoms with Crippen molar-refractivity contribution in [2.45, 2.75) is 19.4 Å². The van der Waals surface area contributed by atoms with E-state index in [1.807, 2.05) is 0 Å². The quantitative estimate of drug-likeness (QED) is 0.299. The van der Waals surface area contributed by atoms with Crippen LogP contribution in [0, 0.1) is 35.5 Å². The zero-order valence-electron chi connectivity index (χ0n) is 16.1. The molecule has 1 aromatic carbocycles. The van der Waals surface area contributed by atoms with E-state index in [0.717, 1.165) is 11.3 Å². The Morgan fingerprint density at radius 3 is 2.27 bits per heavy atom. The minimum absolute atomic E-state index is 0.0864. The Hall–Kier alpha value is -2.18. The second-order valence-corrected chi connectivity index (χ2v) is 9.38. The minimum Gasteiger partial charge on any atom is -0.456 e. The van der Waals surface area contributed by atoms with Gasteiger partial charge in [-0.2, -0.15) is 0 Å². The van der Waals surface area contributed by atoms with Crippen molar-refractivity contribution in [3.05, 3.63) is 46.0 Å². The van der Waals surface area contributed by atoms with Gasteiger partial charge in [0, 0.05) is 10.6 Å². The van der Waals surface area contributed by atoms with Crippen LogP contribution in [0.1, 0.15) is 23.7 Å². The van der Waals surface area contributed by atoms with E-state index in [2.05, 4.69) is 12.2 Å². The summed E-state index contributed by atoms with van der Waals surface area (Å²) in [6.07, 6.45) is 5.22. The summed E-state index contributed by atoms with van der Waals surface area (Å²) < 4.78 is 5.13. The Balaban J connectivity index is 1.27. The Morgan fingerprint density at radius 2 is 1.70 bits per heavy atom. The summed E-state index contributed by atoms with van der Waals surface area (Å²) >= 11 is 11.8. The molecule has 1 saturated heterocycles. The third kappa shape index (κ3) is 2.84. The number of imide groups is 1. The normalized spacial score (nSPS) is 33.9. The van der Waals surface area contributed by atoms with E-state index >= 15 is 0 Å². The van der Waals surface area contributed by atoms with Crippen LogP contribution in [0.25, 0.3) is 0 Å². The first-order chi connectivity index (χ1) is 14.3. The van der Waals surface area contributed by atoms with Gasteiger partial charge < -0.3 is 4.74 Å². The van der Waals surface area contributed by atoms with Gasteiger partial charge in [-0.25, -0.2) is 4.79 Å². The number of ketones is 1. The number of carbonyl (C=O) groups is 4. The maximum absolute atomic E-state index is 13.1. The summed E-state index contributed by atoms with van der Waals surface area (Å²) in [5, 5.41) is 0.544. The zero-order chi connectivity index (χ0) is 21.3. The molecule has 3 fully saturated rings. The Labute approximate surface area is 183 Å². The molecule has 6 nitrogen and oxygen atoms in total. The molecular formula is C22H19Cl2NO5. The van der Waals surface area contributed by atoms with Gasteiger partial charge in [-0.3, -0.25) is 19.3 Å². The van der Waals surface area contributed by atoms with Crippen LogP contribution in [-0.2, 0) is 19.1 Å². The fraction of sp³-hybridized carbons (Fsp3) is 0.455. The predicted octanol–water partition coefficient (Wildman–Crippen LogP) is 3.16. The van der Waals surface area contributed by atoms with Crippen molar-refractivity contribution in [3.63, 3.8) is 0 Å². The zero-order valence-corrected chi connectivity index (χ0v) is 17.6. The molecule has 0 unspecified atom stereocenters. The van der Waals surface area contributed by atoms with Crippen LogP contribution < -0.4 is 0 Å². The van der Waals surface area contributed by atoms with Crippen LogP contribution in [-0.4, -0.2) is 41.1 Å². The fourth-order valence-corrected chi connectivity index (χ4v) is 6.03. The molecule has 0 spiro atoms. The molecule has 4 aliphatic carbocycles. The van der Waals surface area contributed by atoms with E-state index in [4.69, 9.17) is 27.9 Å². The van der Waals surface area contributed by atoms with Gasteiger partial charge in [-0.1, -0.05) is 35.4 Å². The first-order valence-electron chi connectivity index (χ1n) is 9.99. The number of esters is 1. The molecule has 2 bridgehead atoms. The Kier molecular flexibility index (Phi) is 4.56. The molecule has 0 radical (unpaired) electrons. The maximum Gasteiger partial charge on any atom is 0.329 e. The molecule has 7 atom stereocenters. The van der Waals surface area contributed by atoms with Crippen molar-refractivity contribution in [1.82, 2.24) is 4.90 Å². The van der Waals surface area contributed by atoms with Crippen molar-refractivity contribution in [2.24, 2.45) is 35.5 Å². The van der Waals surface area contributed by atoms with Gasteiger partial charge in [0.2, 0.25) is 17.6 Å². The lowest BCUT2D eigenvalue weighted by Gasteiger charge is -2.37. The fourth-order valence-electron chi connectivity index (χ4n) is 5.52. The first-order valence-corrected chi connectivity index (χ1v) is 10.8. The molecule has 1 aliphatic heterocycles. The summed E-state index contributed by atoms with van der Waals surface area (Å²) in [6.45, 7) is 0.926. The number of carbonyl (C=O) groups excluding carboxylic acids is 4. The van der Waals surface area contributed by atoms with Gasteiger partial charge >= 0.3 is 5.97 Å². The summed E-state index contributed by atoms with van der Waals surface area (Å²) in [4.78, 5) is 52.1. The number of Topliss-reactive ketones (excluding diaryl/α,β-unsaturated/α-hetero) is 1. The minimum atomic E-state index is -1.08. The maximum atomic E-state index is 13.1. The van der Waals surface area contributed by atoms with Gasteiger partial charge in [0.25, 0.3) is 0 Å². The number of nitrogens with zero attached hydrogens (tertiary/aromatic N) is 1. The smallest absolute Gasteiger partial charge is 0.329 e. The van der Waals surface area contributed by atoms with Gasteiger partial charge in [0.15, 0.2) is 6.61 Å². The second-order valence-electron chi connectivity index (χ2n) is 8.53. The molecule has 1 aromatic rings. The molecule has 5 aliphatic rings. The summed E-state index contributed by atoms with van der Waals surface area (Å²) in [7, 11) is 0. The molecule has 30 heavy (non-hydrogen) atoms. The molecule has 2 saturated carbocycles. The molecule has 1 heterocycles. The highest BCUT2D eigenvalue weighted by molar-refractivity contribution is 6.36. The van der Waals surface area contributed by atoms with Crippen LogP contribution in [0.5, 0.6) is 0 Å². The van der Waals surface area contributed by atoms with Crippen molar-refractivity contribution < 1.29 is 23.9 Å². The number of amides is 2. The van der Waals surface area contributed by atoms with Gasteiger partial charge in [-0.15, -0.1) is 0 Å². The molecule has 0 N–H and O–H groups in total. The Morgan fingerprint density at radius 1 is 1.10 bits per heavy atom. The van der Waals surface area contributed by atoms with Crippen molar-refractivity contribution in [2.75, 3.05) is 6.61 Å². The molecule has 8 heteroatoms. The van der Waals surface area contributed by atoms with Gasteiger partial charge in [0.05, 0.1) is 16.9 Å². The van der Waals surface area contributed by atoms with Crippen LogP contribution in [0.3, 0.4) is 0 Å². The summed E-state index contributed by atoms with van der Waals surface area (Å²) in [6, 6.07) is 3.31. The van der Waals surface area contributed by atoms with Gasteiger partial charge in [-0.05, 0) is 55.2 Å². The largest absolute Gasteiger partial charge is 0.456 e. The van der Waals surface area contributed by atoms with E-state index < -0.39 is 24.4 Å². The lowest BCUT2D eigenvalue weighted by atomic mass is 9.63. The first kappa shape index (κ1) is 19.8. The van der Waals surface area contributed by atoms with E-state index in [0.29, 0.717) is 16.9 Å². The molecule has 0 aromatic heterocycles. The summed E-state index contributed by atoms with van der Waals surface area (Å²) in [5.41, 5.74) is 0.183. The monoisotopic (exact) mass is 447 g/mol. The van der Waals surface area contributed by atoms with E-state index in [-0.39, 0.29) is 46.1 Å².